The van der Waals surface area contributed by atoms with Crippen molar-refractivity contribution in [2.24, 2.45) is 11.7 Å². The molecule has 15 heavy (non-hydrogen) atoms. The fourth-order valence-electron chi connectivity index (χ4n) is 1.72. The fourth-order valence-corrected chi connectivity index (χ4v) is 1.72. The molecule has 0 saturated heterocycles. The van der Waals surface area contributed by atoms with Gasteiger partial charge in [-0.2, -0.15) is 0 Å². The molecule has 1 amide bonds. The average molecular weight is 215 g/mol. The summed E-state index contributed by atoms with van der Waals surface area (Å²) in [5.74, 6) is 0.700. The second kappa shape index (κ2) is 8.68. The predicted octanol–water partition coefficient (Wildman–Crippen LogP) is 1.12. The Morgan fingerprint density at radius 2 is 2.00 bits per heavy atom. The largest absolute Gasteiger partial charge is 0.330 e. The molecule has 0 aromatic rings. The lowest BCUT2D eigenvalue weighted by Gasteiger charge is -2.16. The minimum absolute atomic E-state index is 0.0955. The van der Waals surface area contributed by atoms with Crippen molar-refractivity contribution in [3.05, 3.63) is 0 Å². The second-order valence-corrected chi connectivity index (χ2v) is 4.20. The van der Waals surface area contributed by atoms with E-state index >= 15 is 0 Å². The molecule has 0 spiro atoms. The number of nitrogens with zero attached hydrogens (tertiary/aromatic N) is 1. The number of carbonyl (C=O) groups excluding carboxylic acids is 1. The van der Waals surface area contributed by atoms with Gasteiger partial charge < -0.3 is 5.73 Å². The maximum absolute atomic E-state index is 11.4. The summed E-state index contributed by atoms with van der Waals surface area (Å²) in [5, 5.41) is 1.68. The molecule has 0 saturated carbocycles. The summed E-state index contributed by atoms with van der Waals surface area (Å²) in [7, 11) is 3.64. The highest BCUT2D eigenvalue weighted by molar-refractivity contribution is 5.75. The zero-order valence-electron chi connectivity index (χ0n) is 10.3. The van der Waals surface area contributed by atoms with E-state index in [9.17, 15) is 4.79 Å². The first kappa shape index (κ1) is 14.4. The Morgan fingerprint density at radius 1 is 1.33 bits per heavy atom. The van der Waals surface area contributed by atoms with E-state index in [4.69, 9.17) is 5.73 Å². The Morgan fingerprint density at radius 3 is 2.47 bits per heavy atom. The molecule has 90 valence electrons. The third-order valence-corrected chi connectivity index (χ3v) is 2.40. The second-order valence-electron chi connectivity index (χ2n) is 4.20. The maximum Gasteiger partial charge on any atom is 0.234 e. The molecule has 0 bridgehead atoms. The first-order valence-corrected chi connectivity index (χ1v) is 5.77. The smallest absolute Gasteiger partial charge is 0.234 e. The molecule has 1 unspecified atom stereocenters. The van der Waals surface area contributed by atoms with Gasteiger partial charge in [-0.05, 0) is 25.3 Å². The van der Waals surface area contributed by atoms with E-state index in [1.165, 1.54) is 12.8 Å². The Bertz CT molecular complexity index is 165. The summed E-state index contributed by atoms with van der Waals surface area (Å²) in [4.78, 5) is 11.4. The van der Waals surface area contributed by atoms with Crippen LogP contribution >= 0.6 is 0 Å². The Hall–Kier alpha value is -0.610. The van der Waals surface area contributed by atoms with Crippen LogP contribution in [0.4, 0.5) is 0 Å². The van der Waals surface area contributed by atoms with Crippen molar-refractivity contribution >= 4 is 5.91 Å². The van der Waals surface area contributed by atoms with Gasteiger partial charge in [-0.3, -0.25) is 10.2 Å². The number of nitrogens with one attached hydrogen (secondary N) is 1. The van der Waals surface area contributed by atoms with Gasteiger partial charge in [0.2, 0.25) is 5.91 Å². The number of amides is 1. The summed E-state index contributed by atoms with van der Waals surface area (Å²) < 4.78 is 0. The SMILES string of the molecule is CCCC(CCN)CCC(=O)NN(C)C. The van der Waals surface area contributed by atoms with Crippen molar-refractivity contribution in [2.75, 3.05) is 20.6 Å². The summed E-state index contributed by atoms with van der Waals surface area (Å²) in [6.45, 7) is 2.89. The van der Waals surface area contributed by atoms with Crippen LogP contribution in [0.1, 0.15) is 39.0 Å². The quantitative estimate of drug-likeness (QED) is 0.597. The molecule has 3 N–H and O–H groups in total. The summed E-state index contributed by atoms with van der Waals surface area (Å²) >= 11 is 0. The minimum Gasteiger partial charge on any atom is -0.330 e. The summed E-state index contributed by atoms with van der Waals surface area (Å²) in [5.41, 5.74) is 8.28. The Labute approximate surface area is 93.2 Å². The van der Waals surface area contributed by atoms with Crippen molar-refractivity contribution in [2.45, 2.75) is 39.0 Å². The van der Waals surface area contributed by atoms with Gasteiger partial charge in [0, 0.05) is 20.5 Å². The molecule has 0 aliphatic heterocycles. The Kier molecular flexibility index (Phi) is 8.33. The van der Waals surface area contributed by atoms with Gasteiger partial charge in [0.05, 0.1) is 0 Å². The lowest BCUT2D eigenvalue weighted by Crippen LogP contribution is -2.36. The van der Waals surface area contributed by atoms with Crippen LogP contribution in [0.5, 0.6) is 0 Å². The number of nitrogens with two attached hydrogens (primary N) is 1. The number of hydrogen-bond acceptors (Lipinski definition) is 3. The van der Waals surface area contributed by atoms with E-state index < -0.39 is 0 Å². The lowest BCUT2D eigenvalue weighted by molar-refractivity contribution is -0.125. The zero-order valence-corrected chi connectivity index (χ0v) is 10.3. The van der Waals surface area contributed by atoms with Crippen LogP contribution < -0.4 is 11.2 Å². The van der Waals surface area contributed by atoms with Gasteiger partial charge in [0.25, 0.3) is 0 Å². The predicted molar refractivity (Wildman–Crippen MR) is 63.1 cm³/mol. The third kappa shape index (κ3) is 8.39. The summed E-state index contributed by atoms with van der Waals surface area (Å²) in [6.07, 6.45) is 4.92. The van der Waals surface area contributed by atoms with Gasteiger partial charge in [-0.1, -0.05) is 19.8 Å². The number of hydrazine groups is 1. The first-order chi connectivity index (χ1) is 7.10. The molecule has 4 heteroatoms. The highest BCUT2D eigenvalue weighted by Crippen LogP contribution is 2.16. The minimum atomic E-state index is 0.0955. The monoisotopic (exact) mass is 215 g/mol. The fraction of sp³-hybridized carbons (Fsp3) is 0.909. The van der Waals surface area contributed by atoms with Crippen molar-refractivity contribution in [1.29, 1.82) is 0 Å². The molecular formula is C11H25N3O. The molecule has 0 fully saturated rings. The molecule has 0 rings (SSSR count). The van der Waals surface area contributed by atoms with E-state index in [1.807, 2.05) is 14.1 Å². The number of hydrogen-bond donors (Lipinski definition) is 2. The molecule has 0 radical (unpaired) electrons. The molecule has 0 aliphatic rings. The van der Waals surface area contributed by atoms with E-state index in [2.05, 4.69) is 12.3 Å². The highest BCUT2D eigenvalue weighted by atomic mass is 16.2. The van der Waals surface area contributed by atoms with Gasteiger partial charge in [0.15, 0.2) is 0 Å². The zero-order chi connectivity index (χ0) is 11.7. The molecular weight excluding hydrogens is 190 g/mol. The van der Waals surface area contributed by atoms with E-state index in [0.29, 0.717) is 12.3 Å². The summed E-state index contributed by atoms with van der Waals surface area (Å²) in [6, 6.07) is 0. The van der Waals surface area contributed by atoms with Crippen molar-refractivity contribution in [3.63, 3.8) is 0 Å². The molecule has 0 heterocycles. The molecule has 1 atom stereocenters. The standard InChI is InChI=1S/C11H25N3O/c1-4-5-10(8-9-12)6-7-11(15)13-14(2)3/h10H,4-9,12H2,1-3H3,(H,13,15). The molecule has 4 nitrogen and oxygen atoms in total. The molecule has 0 aliphatic carbocycles. The number of rotatable bonds is 8. The van der Waals surface area contributed by atoms with E-state index in [0.717, 1.165) is 19.4 Å². The first-order valence-electron chi connectivity index (χ1n) is 5.77. The van der Waals surface area contributed by atoms with Crippen molar-refractivity contribution < 1.29 is 4.79 Å². The van der Waals surface area contributed by atoms with Crippen LogP contribution in [-0.4, -0.2) is 31.6 Å². The van der Waals surface area contributed by atoms with Gasteiger partial charge in [0.1, 0.15) is 0 Å². The topological polar surface area (TPSA) is 58.4 Å². The molecule has 0 aromatic carbocycles. The van der Waals surface area contributed by atoms with E-state index in [-0.39, 0.29) is 5.91 Å². The third-order valence-electron chi connectivity index (χ3n) is 2.40. The number of carbonyl (C=O) groups is 1. The van der Waals surface area contributed by atoms with Gasteiger partial charge in [-0.15, -0.1) is 0 Å². The van der Waals surface area contributed by atoms with Crippen LogP contribution in [0.25, 0.3) is 0 Å². The maximum atomic E-state index is 11.4. The van der Waals surface area contributed by atoms with E-state index in [1.54, 1.807) is 5.01 Å². The van der Waals surface area contributed by atoms with Crippen LogP contribution in [0.15, 0.2) is 0 Å². The molecule has 0 aromatic heterocycles. The van der Waals surface area contributed by atoms with Crippen molar-refractivity contribution in [3.8, 4) is 0 Å². The van der Waals surface area contributed by atoms with Crippen LogP contribution in [0, 0.1) is 5.92 Å². The highest BCUT2D eigenvalue weighted by Gasteiger charge is 2.10. The van der Waals surface area contributed by atoms with Gasteiger partial charge in [-0.25, -0.2) is 5.01 Å². The van der Waals surface area contributed by atoms with Crippen LogP contribution in [-0.2, 0) is 4.79 Å². The lowest BCUT2D eigenvalue weighted by atomic mass is 9.94. The Balaban J connectivity index is 3.72. The van der Waals surface area contributed by atoms with Crippen LogP contribution in [0.2, 0.25) is 0 Å². The van der Waals surface area contributed by atoms with Gasteiger partial charge >= 0.3 is 0 Å². The average Bonchev–Trinajstić information content (AvgIpc) is 2.14. The van der Waals surface area contributed by atoms with Crippen molar-refractivity contribution in [1.82, 2.24) is 10.4 Å². The normalized spacial score (nSPS) is 12.9. The van der Waals surface area contributed by atoms with Crippen LogP contribution in [0.3, 0.4) is 0 Å².